The fourth-order valence-electron chi connectivity index (χ4n) is 4.13. The number of nitrogens with zero attached hydrogens (tertiary/aromatic N) is 1. The van der Waals surface area contributed by atoms with Gasteiger partial charge in [0.05, 0.1) is 41.1 Å². The number of nitrogens with one attached hydrogen (secondary N) is 2. The minimum absolute atomic E-state index is 0.0622. The number of halogens is 1. The van der Waals surface area contributed by atoms with Crippen LogP contribution in [0.15, 0.2) is 101 Å². The number of carbonyl (C=O) groups is 2. The Bertz CT molecular complexity index is 1440. The lowest BCUT2D eigenvalue weighted by molar-refractivity contribution is -0.113. The molecule has 1 aliphatic rings. The van der Waals surface area contributed by atoms with Gasteiger partial charge in [-0.15, -0.1) is 0 Å². The highest BCUT2D eigenvalue weighted by Crippen LogP contribution is 2.43. The number of carbonyl (C=O) groups excluding carboxylic acids is 2. The molecule has 8 heteroatoms. The molecule has 0 unspecified atom stereocenters. The number of Topliss-reactive ketones (excluding diaryl/α,β-unsaturated/α-hetero) is 1. The Labute approximate surface area is 225 Å². The van der Waals surface area contributed by atoms with E-state index < -0.39 is 11.8 Å². The third kappa shape index (κ3) is 5.72. The molecule has 1 aliphatic heterocycles. The van der Waals surface area contributed by atoms with Crippen LogP contribution in [0.2, 0.25) is 5.02 Å². The summed E-state index contributed by atoms with van der Waals surface area (Å²) in [6.07, 6.45) is 0. The summed E-state index contributed by atoms with van der Waals surface area (Å²) in [5.74, 6) is -0.546. The average molecular weight is 530 g/mol. The number of dihydropyridines is 1. The Morgan fingerprint density at radius 3 is 2.43 bits per heavy atom. The molecule has 0 bridgehead atoms. The van der Waals surface area contributed by atoms with Crippen molar-refractivity contribution in [1.29, 1.82) is 5.26 Å². The van der Waals surface area contributed by atoms with Crippen LogP contribution in [-0.2, 0) is 4.79 Å². The van der Waals surface area contributed by atoms with Crippen molar-refractivity contribution >= 4 is 40.7 Å². The zero-order valence-corrected chi connectivity index (χ0v) is 21.8. The molecule has 37 heavy (non-hydrogen) atoms. The lowest BCUT2D eigenvalue weighted by atomic mass is 9.82. The number of rotatable bonds is 8. The van der Waals surface area contributed by atoms with E-state index in [2.05, 4.69) is 16.7 Å². The lowest BCUT2D eigenvalue weighted by Gasteiger charge is -2.30. The molecule has 0 saturated carbocycles. The fraction of sp³-hybridized carbons (Fsp3) is 0.138. The molecule has 0 radical (unpaired) electrons. The van der Waals surface area contributed by atoms with Gasteiger partial charge in [-0.3, -0.25) is 9.59 Å². The van der Waals surface area contributed by atoms with E-state index in [-0.39, 0.29) is 11.5 Å². The Hall–Kier alpha value is -3.99. The number of methoxy groups -OCH3 is 1. The highest BCUT2D eigenvalue weighted by molar-refractivity contribution is 8.03. The fourth-order valence-corrected chi connectivity index (χ4v) is 5.36. The van der Waals surface area contributed by atoms with Gasteiger partial charge >= 0.3 is 0 Å². The van der Waals surface area contributed by atoms with Gasteiger partial charge in [0.25, 0.3) is 5.91 Å². The molecule has 186 valence electrons. The van der Waals surface area contributed by atoms with E-state index in [1.165, 1.54) is 18.9 Å². The monoisotopic (exact) mass is 529 g/mol. The summed E-state index contributed by atoms with van der Waals surface area (Å²) >= 11 is 7.81. The van der Waals surface area contributed by atoms with E-state index in [9.17, 15) is 14.9 Å². The van der Waals surface area contributed by atoms with Crippen LogP contribution in [0.1, 0.15) is 28.8 Å². The number of hydrogen-bond donors (Lipinski definition) is 2. The summed E-state index contributed by atoms with van der Waals surface area (Å²) in [6, 6.07) is 25.5. The molecule has 0 fully saturated rings. The van der Waals surface area contributed by atoms with Gasteiger partial charge in [-0.25, -0.2) is 0 Å². The van der Waals surface area contributed by atoms with Crippen molar-refractivity contribution in [3.8, 4) is 11.8 Å². The molecule has 0 aromatic heterocycles. The van der Waals surface area contributed by atoms with Gasteiger partial charge < -0.3 is 15.4 Å². The quantitative estimate of drug-likeness (QED) is 0.333. The van der Waals surface area contributed by atoms with E-state index in [1.807, 2.05) is 30.3 Å². The normalized spacial score (nSPS) is 15.0. The van der Waals surface area contributed by atoms with Crippen LogP contribution < -0.4 is 15.4 Å². The van der Waals surface area contributed by atoms with Crippen molar-refractivity contribution in [3.05, 3.63) is 117 Å². The van der Waals surface area contributed by atoms with Crippen molar-refractivity contribution in [2.24, 2.45) is 0 Å². The van der Waals surface area contributed by atoms with Crippen molar-refractivity contribution in [1.82, 2.24) is 5.32 Å². The van der Waals surface area contributed by atoms with Gasteiger partial charge in [0.15, 0.2) is 5.78 Å². The maximum Gasteiger partial charge on any atom is 0.254 e. The highest BCUT2D eigenvalue weighted by atomic mass is 35.5. The molecule has 3 aromatic rings. The van der Waals surface area contributed by atoms with E-state index in [4.69, 9.17) is 16.3 Å². The third-order valence-electron chi connectivity index (χ3n) is 5.91. The van der Waals surface area contributed by atoms with Crippen molar-refractivity contribution < 1.29 is 14.3 Å². The summed E-state index contributed by atoms with van der Waals surface area (Å²) in [6.45, 7) is 1.77. The second-order valence-electron chi connectivity index (χ2n) is 8.21. The highest BCUT2D eigenvalue weighted by Gasteiger charge is 2.36. The molecule has 1 atom stereocenters. The number of nitriles is 1. The number of ketones is 1. The van der Waals surface area contributed by atoms with E-state index in [1.54, 1.807) is 55.5 Å². The number of para-hydroxylation sites is 2. The van der Waals surface area contributed by atoms with Crippen LogP contribution in [0.5, 0.6) is 5.75 Å². The van der Waals surface area contributed by atoms with Crippen molar-refractivity contribution in [2.75, 3.05) is 18.2 Å². The first-order valence-corrected chi connectivity index (χ1v) is 12.8. The molecular formula is C29H24ClN3O3S. The SMILES string of the molecule is COc1ccccc1NC(=O)C1=C(C)NC(SCC(=O)c2ccccc2)=C(C#N)[C@H]1c1ccccc1Cl. The molecular weight excluding hydrogens is 506 g/mol. The molecule has 1 amide bonds. The second-order valence-corrected chi connectivity index (χ2v) is 9.60. The molecule has 3 aromatic carbocycles. The number of benzene rings is 3. The predicted octanol–water partition coefficient (Wildman–Crippen LogP) is 6.30. The number of hydrogen-bond acceptors (Lipinski definition) is 6. The predicted molar refractivity (Wildman–Crippen MR) is 148 cm³/mol. The topological polar surface area (TPSA) is 91.2 Å². The summed E-state index contributed by atoms with van der Waals surface area (Å²) in [5.41, 5.74) is 2.95. The van der Waals surface area contributed by atoms with E-state index >= 15 is 0 Å². The number of amides is 1. The molecule has 0 saturated heterocycles. The number of thioether (sulfide) groups is 1. The number of allylic oxidation sites excluding steroid dienone is 2. The first kappa shape index (κ1) is 26.1. The first-order valence-electron chi connectivity index (χ1n) is 11.5. The molecule has 2 N–H and O–H groups in total. The minimum atomic E-state index is -0.732. The zero-order valence-electron chi connectivity index (χ0n) is 20.2. The van der Waals surface area contributed by atoms with Crippen molar-refractivity contribution in [3.63, 3.8) is 0 Å². The average Bonchev–Trinajstić information content (AvgIpc) is 2.92. The summed E-state index contributed by atoms with van der Waals surface area (Å²) < 4.78 is 5.38. The molecule has 0 aliphatic carbocycles. The maximum atomic E-state index is 13.7. The van der Waals surface area contributed by atoms with Crippen molar-refractivity contribution in [2.45, 2.75) is 12.8 Å². The second kappa shape index (κ2) is 11.8. The van der Waals surface area contributed by atoms with Crippen LogP contribution in [0.25, 0.3) is 0 Å². The van der Waals surface area contributed by atoms with Gasteiger partial charge in [-0.05, 0) is 30.7 Å². The standard InChI is InChI=1S/C29H24ClN3O3S/c1-18-26(28(35)33-23-14-8-9-15-25(23)36-2)27(20-12-6-7-13-22(20)30)21(16-31)29(32-18)37-17-24(34)19-10-4-3-5-11-19/h3-15,27,32H,17H2,1-2H3,(H,33,35)/t27-/m1/s1. The van der Waals surface area contributed by atoms with Crippen LogP contribution in [-0.4, -0.2) is 24.6 Å². The van der Waals surface area contributed by atoms with Crippen LogP contribution in [0.3, 0.4) is 0 Å². The van der Waals surface area contributed by atoms with Gasteiger partial charge in [0.2, 0.25) is 0 Å². The van der Waals surface area contributed by atoms with Gasteiger partial charge in [0.1, 0.15) is 5.75 Å². The largest absolute Gasteiger partial charge is 0.495 e. The number of ether oxygens (including phenoxy) is 1. The minimum Gasteiger partial charge on any atom is -0.495 e. The van der Waals surface area contributed by atoms with Gasteiger partial charge in [-0.1, -0.05) is 84.0 Å². The first-order chi connectivity index (χ1) is 17.9. The molecule has 4 rings (SSSR count). The number of anilines is 1. The van der Waals surface area contributed by atoms with E-state index in [0.29, 0.717) is 49.5 Å². The Balaban J connectivity index is 1.72. The Morgan fingerprint density at radius 2 is 1.73 bits per heavy atom. The zero-order chi connectivity index (χ0) is 26.4. The maximum absolute atomic E-state index is 13.7. The Kier molecular flexibility index (Phi) is 8.34. The van der Waals surface area contributed by atoms with Crippen LogP contribution >= 0.6 is 23.4 Å². The van der Waals surface area contributed by atoms with Crippen LogP contribution in [0, 0.1) is 11.3 Å². The summed E-state index contributed by atoms with van der Waals surface area (Å²) in [4.78, 5) is 26.4. The van der Waals surface area contributed by atoms with E-state index in [0.717, 1.165) is 0 Å². The molecule has 1 heterocycles. The molecule has 6 nitrogen and oxygen atoms in total. The summed E-state index contributed by atoms with van der Waals surface area (Å²) in [7, 11) is 1.53. The smallest absolute Gasteiger partial charge is 0.254 e. The summed E-state index contributed by atoms with van der Waals surface area (Å²) in [5, 5.41) is 17.3. The van der Waals surface area contributed by atoms with Gasteiger partial charge in [-0.2, -0.15) is 5.26 Å². The van der Waals surface area contributed by atoms with Gasteiger partial charge in [0, 0.05) is 21.9 Å². The third-order valence-corrected chi connectivity index (χ3v) is 7.27. The Morgan fingerprint density at radius 1 is 1.05 bits per heavy atom. The van der Waals surface area contributed by atoms with Crippen LogP contribution in [0.4, 0.5) is 5.69 Å². The lowest BCUT2D eigenvalue weighted by Crippen LogP contribution is -2.31. The molecule has 0 spiro atoms.